The number of ether oxygens (including phenoxy) is 2. The van der Waals surface area contributed by atoms with Gasteiger partial charge in [-0.3, -0.25) is 4.79 Å². The first-order chi connectivity index (χ1) is 13.6. The fourth-order valence-corrected chi connectivity index (χ4v) is 3.23. The van der Waals surface area contributed by atoms with E-state index in [1.807, 2.05) is 45.9 Å². The summed E-state index contributed by atoms with van der Waals surface area (Å²) < 4.78 is 22.6. The van der Waals surface area contributed by atoms with Crippen LogP contribution in [0.5, 0.6) is 5.75 Å². The number of hydrogen-bond donors (Lipinski definition) is 2. The normalized spacial score (nSPS) is 19.6. The van der Waals surface area contributed by atoms with Gasteiger partial charge in [-0.2, -0.15) is 0 Å². The minimum Gasteiger partial charge on any atom is -0.497 e. The van der Waals surface area contributed by atoms with Crippen LogP contribution in [0.4, 0.5) is 0 Å². The third kappa shape index (κ3) is 6.19. The number of hydrogen-bond acceptors (Lipinski definition) is 6. The van der Waals surface area contributed by atoms with Gasteiger partial charge in [0.25, 0.3) is 0 Å². The molecule has 0 saturated carbocycles. The number of aryl methyl sites for hydroxylation is 1. The molecule has 1 aromatic carbocycles. The van der Waals surface area contributed by atoms with E-state index >= 15 is 0 Å². The monoisotopic (exact) mass is 406 g/mol. The van der Waals surface area contributed by atoms with Crippen LogP contribution in [0.25, 0.3) is 0 Å². The van der Waals surface area contributed by atoms with Crippen molar-refractivity contribution in [2.75, 3.05) is 20.8 Å². The standard InChI is InChI=1S/C21H35BN2O5/c1-20(2)21(3,4)29-22(28-20)18(24-19(25)17(23)14-26-5)12-8-10-15-9-7-11-16(13-15)27-6/h7,9,11,13,17-18H,8,10,12,14,23H2,1-6H3,(H,24,25). The first kappa shape index (κ1) is 23.7. The van der Waals surface area contributed by atoms with Gasteiger partial charge in [-0.1, -0.05) is 12.1 Å². The molecular weight excluding hydrogens is 371 g/mol. The Kier molecular flexibility index (Phi) is 8.11. The lowest BCUT2D eigenvalue weighted by Gasteiger charge is -2.32. The molecule has 2 rings (SSSR count). The number of carbonyl (C=O) groups is 1. The van der Waals surface area contributed by atoms with Crippen molar-refractivity contribution >= 4 is 13.0 Å². The smallest absolute Gasteiger partial charge is 0.481 e. The van der Waals surface area contributed by atoms with Crippen molar-refractivity contribution in [2.45, 2.75) is 70.1 Å². The maximum absolute atomic E-state index is 12.5. The molecule has 3 N–H and O–H groups in total. The van der Waals surface area contributed by atoms with Crippen molar-refractivity contribution in [3.8, 4) is 5.75 Å². The van der Waals surface area contributed by atoms with Crippen LogP contribution in [0.1, 0.15) is 46.1 Å². The zero-order valence-corrected chi connectivity index (χ0v) is 18.5. The van der Waals surface area contributed by atoms with Gasteiger partial charge < -0.3 is 29.8 Å². The summed E-state index contributed by atoms with van der Waals surface area (Å²) in [7, 11) is 2.64. The van der Waals surface area contributed by atoms with Crippen LogP contribution in [0.3, 0.4) is 0 Å². The molecular formula is C21H35BN2O5. The summed E-state index contributed by atoms with van der Waals surface area (Å²) in [6.45, 7) is 8.15. The molecule has 1 aliphatic heterocycles. The molecule has 1 aliphatic rings. The highest BCUT2D eigenvalue weighted by Crippen LogP contribution is 2.38. The Morgan fingerprint density at radius 2 is 1.86 bits per heavy atom. The molecule has 0 bridgehead atoms. The number of benzene rings is 1. The molecule has 1 fully saturated rings. The summed E-state index contributed by atoms with van der Waals surface area (Å²) >= 11 is 0. The molecule has 1 amide bonds. The summed E-state index contributed by atoms with van der Waals surface area (Å²) in [6, 6.07) is 7.26. The van der Waals surface area contributed by atoms with Gasteiger partial charge in [0, 0.05) is 7.11 Å². The molecule has 0 aromatic heterocycles. The molecule has 0 spiro atoms. The zero-order valence-electron chi connectivity index (χ0n) is 18.5. The van der Waals surface area contributed by atoms with E-state index in [1.54, 1.807) is 7.11 Å². The van der Waals surface area contributed by atoms with E-state index in [2.05, 4.69) is 11.4 Å². The Morgan fingerprint density at radius 3 is 2.45 bits per heavy atom. The Hall–Kier alpha value is -1.61. The van der Waals surface area contributed by atoms with Crippen LogP contribution in [-0.2, 0) is 25.3 Å². The third-order valence-electron chi connectivity index (χ3n) is 5.73. The topological polar surface area (TPSA) is 92.0 Å². The molecule has 7 nitrogen and oxygen atoms in total. The quantitative estimate of drug-likeness (QED) is 0.579. The van der Waals surface area contributed by atoms with Crippen molar-refractivity contribution in [2.24, 2.45) is 5.73 Å². The number of rotatable bonds is 10. The van der Waals surface area contributed by atoms with Crippen molar-refractivity contribution in [3.05, 3.63) is 29.8 Å². The molecule has 1 heterocycles. The van der Waals surface area contributed by atoms with Crippen LogP contribution in [0, 0.1) is 0 Å². The molecule has 1 aromatic rings. The van der Waals surface area contributed by atoms with Gasteiger partial charge in [0.05, 0.1) is 30.9 Å². The van der Waals surface area contributed by atoms with Crippen LogP contribution in [0.15, 0.2) is 24.3 Å². The summed E-state index contributed by atoms with van der Waals surface area (Å²) in [4.78, 5) is 12.5. The van der Waals surface area contributed by atoms with E-state index in [9.17, 15) is 4.79 Å². The van der Waals surface area contributed by atoms with Crippen molar-refractivity contribution in [1.82, 2.24) is 5.32 Å². The van der Waals surface area contributed by atoms with Crippen LogP contribution < -0.4 is 15.8 Å². The molecule has 2 atom stereocenters. The average molecular weight is 406 g/mol. The van der Waals surface area contributed by atoms with E-state index in [0.717, 1.165) is 18.6 Å². The lowest BCUT2D eigenvalue weighted by atomic mass is 9.75. The first-order valence-electron chi connectivity index (χ1n) is 10.1. The second kappa shape index (κ2) is 9.93. The van der Waals surface area contributed by atoms with Crippen molar-refractivity contribution in [3.63, 3.8) is 0 Å². The number of methoxy groups -OCH3 is 2. The fraction of sp³-hybridized carbons (Fsp3) is 0.667. The van der Waals surface area contributed by atoms with Gasteiger partial charge >= 0.3 is 7.12 Å². The second-order valence-corrected chi connectivity index (χ2v) is 8.55. The molecule has 1 saturated heterocycles. The van der Waals surface area contributed by atoms with E-state index in [1.165, 1.54) is 12.7 Å². The van der Waals surface area contributed by atoms with Crippen molar-refractivity contribution < 1.29 is 23.6 Å². The molecule has 29 heavy (non-hydrogen) atoms. The summed E-state index contributed by atoms with van der Waals surface area (Å²) in [5.74, 6) is 0.258. The summed E-state index contributed by atoms with van der Waals surface area (Å²) in [6.07, 6.45) is 2.40. The Bertz CT molecular complexity index is 667. The minimum absolute atomic E-state index is 0.158. The summed E-state index contributed by atoms with van der Waals surface area (Å²) in [5.41, 5.74) is 6.14. The first-order valence-corrected chi connectivity index (χ1v) is 10.1. The zero-order chi connectivity index (χ0) is 21.7. The maximum atomic E-state index is 12.5. The third-order valence-corrected chi connectivity index (χ3v) is 5.73. The SMILES string of the molecule is COCC(N)C(=O)NC(CCCc1cccc(OC)c1)B1OC(C)(C)C(C)(C)O1. The predicted molar refractivity (Wildman–Crippen MR) is 114 cm³/mol. The van der Waals surface area contributed by atoms with E-state index < -0.39 is 24.4 Å². The van der Waals surface area contributed by atoms with Gasteiger partial charge in [0.2, 0.25) is 5.91 Å². The molecule has 0 radical (unpaired) electrons. The van der Waals surface area contributed by atoms with Gasteiger partial charge in [-0.25, -0.2) is 0 Å². The Morgan fingerprint density at radius 1 is 1.21 bits per heavy atom. The van der Waals surface area contributed by atoms with Crippen molar-refractivity contribution in [1.29, 1.82) is 0 Å². The van der Waals surface area contributed by atoms with E-state index in [4.69, 9.17) is 24.5 Å². The average Bonchev–Trinajstić information content (AvgIpc) is 2.88. The van der Waals surface area contributed by atoms with Crippen LogP contribution in [0.2, 0.25) is 0 Å². The lowest BCUT2D eigenvalue weighted by molar-refractivity contribution is -0.123. The molecule has 8 heteroatoms. The minimum atomic E-state index is -0.733. The highest BCUT2D eigenvalue weighted by Gasteiger charge is 2.54. The largest absolute Gasteiger partial charge is 0.497 e. The number of nitrogens with one attached hydrogen (secondary N) is 1. The van der Waals surface area contributed by atoms with Crippen LogP contribution >= 0.6 is 0 Å². The maximum Gasteiger partial charge on any atom is 0.481 e. The van der Waals surface area contributed by atoms with Gasteiger partial charge in [0.15, 0.2) is 0 Å². The van der Waals surface area contributed by atoms with Gasteiger partial charge in [0.1, 0.15) is 11.8 Å². The number of carbonyl (C=O) groups excluding carboxylic acids is 1. The van der Waals surface area contributed by atoms with Crippen LogP contribution in [-0.4, -0.2) is 57.0 Å². The molecule has 162 valence electrons. The van der Waals surface area contributed by atoms with E-state index in [0.29, 0.717) is 6.42 Å². The lowest BCUT2D eigenvalue weighted by Crippen LogP contribution is -2.53. The Balaban J connectivity index is 2.05. The summed E-state index contributed by atoms with van der Waals surface area (Å²) in [5, 5.41) is 3.01. The Labute approximate surface area is 174 Å². The second-order valence-electron chi connectivity index (χ2n) is 8.55. The van der Waals surface area contributed by atoms with Gasteiger partial charge in [-0.15, -0.1) is 0 Å². The number of nitrogens with two attached hydrogens (primary N) is 1. The van der Waals surface area contributed by atoms with E-state index in [-0.39, 0.29) is 18.5 Å². The van der Waals surface area contributed by atoms with Gasteiger partial charge in [-0.05, 0) is 64.7 Å². The highest BCUT2D eigenvalue weighted by atomic mass is 16.7. The highest BCUT2D eigenvalue weighted by molar-refractivity contribution is 6.48. The number of amides is 1. The molecule has 0 aliphatic carbocycles. The fourth-order valence-electron chi connectivity index (χ4n) is 3.23. The predicted octanol–water partition coefficient (Wildman–Crippen LogP) is 2.11. The molecule has 2 unspecified atom stereocenters.